The zero-order chi connectivity index (χ0) is 13.8. The van der Waals surface area contributed by atoms with Gasteiger partial charge in [0.25, 0.3) is 0 Å². The van der Waals surface area contributed by atoms with Gasteiger partial charge in [0.15, 0.2) is 6.54 Å². The first-order chi connectivity index (χ1) is 9.06. The van der Waals surface area contributed by atoms with E-state index in [1.807, 2.05) is 0 Å². The normalized spacial score (nSPS) is 32.2. The molecule has 1 fully saturated rings. The summed E-state index contributed by atoms with van der Waals surface area (Å²) in [5.74, 6) is 1.62. The summed E-state index contributed by atoms with van der Waals surface area (Å²) < 4.78 is 5.53. The summed E-state index contributed by atoms with van der Waals surface area (Å²) in [6.45, 7) is 10.1. The first kappa shape index (κ1) is 14.6. The van der Waals surface area contributed by atoms with E-state index in [-0.39, 0.29) is 5.97 Å². The summed E-state index contributed by atoms with van der Waals surface area (Å²) in [6.07, 6.45) is 5.99. The molecule has 0 aromatic carbocycles. The molecule has 0 aromatic rings. The first-order valence-corrected chi connectivity index (χ1v) is 7.72. The van der Waals surface area contributed by atoms with Gasteiger partial charge in [0, 0.05) is 18.8 Å². The Labute approximate surface area is 117 Å². The van der Waals surface area contributed by atoms with Gasteiger partial charge in [-0.1, -0.05) is 25.5 Å². The van der Waals surface area contributed by atoms with E-state index < -0.39 is 0 Å². The molecular weight excluding hydrogens is 238 g/mol. The quantitative estimate of drug-likeness (QED) is 0.617. The van der Waals surface area contributed by atoms with Gasteiger partial charge in [-0.25, -0.2) is 4.79 Å². The predicted molar refractivity (Wildman–Crippen MR) is 75.9 cm³/mol. The lowest BCUT2D eigenvalue weighted by molar-refractivity contribution is -0.879. The number of carbonyl (C=O) groups is 1. The molecule has 0 amide bonds. The summed E-state index contributed by atoms with van der Waals surface area (Å²) in [5, 5.41) is 0. The van der Waals surface area contributed by atoms with Gasteiger partial charge < -0.3 is 9.64 Å². The van der Waals surface area contributed by atoms with Crippen molar-refractivity contribution in [3.8, 4) is 0 Å². The van der Waals surface area contributed by atoms with Crippen molar-refractivity contribution in [2.75, 3.05) is 26.2 Å². The summed E-state index contributed by atoms with van der Waals surface area (Å²) in [6, 6.07) is 0. The topological polar surface area (TPSA) is 30.7 Å². The molecule has 1 N–H and O–H groups in total. The number of hydrogen-bond donors (Lipinski definition) is 1. The summed E-state index contributed by atoms with van der Waals surface area (Å²) >= 11 is 0. The van der Waals surface area contributed by atoms with Crippen LogP contribution in [-0.2, 0) is 9.53 Å². The molecule has 3 nitrogen and oxygen atoms in total. The third-order valence-corrected chi connectivity index (χ3v) is 4.74. The number of allylic oxidation sites excluding steroid dienone is 2. The lowest BCUT2D eigenvalue weighted by Gasteiger charge is -2.32. The molecule has 2 aliphatic rings. The van der Waals surface area contributed by atoms with Crippen molar-refractivity contribution in [1.82, 2.24) is 0 Å². The molecule has 1 aliphatic carbocycles. The maximum atomic E-state index is 11.9. The van der Waals surface area contributed by atoms with Crippen molar-refractivity contribution in [2.45, 2.75) is 40.0 Å². The molecule has 19 heavy (non-hydrogen) atoms. The number of carbonyl (C=O) groups excluding carboxylic acids is 1. The van der Waals surface area contributed by atoms with Crippen LogP contribution >= 0.6 is 0 Å². The Kier molecular flexibility index (Phi) is 5.03. The predicted octanol–water partition coefficient (Wildman–Crippen LogP) is 1.45. The highest BCUT2D eigenvalue weighted by Crippen LogP contribution is 2.33. The number of nitrogens with one attached hydrogen (secondary N) is 1. The van der Waals surface area contributed by atoms with Crippen LogP contribution < -0.4 is 4.90 Å². The second-order valence-corrected chi connectivity index (χ2v) is 6.53. The molecule has 0 bridgehead atoms. The summed E-state index contributed by atoms with van der Waals surface area (Å²) in [7, 11) is 0. The van der Waals surface area contributed by atoms with Crippen LogP contribution in [-0.4, -0.2) is 32.2 Å². The van der Waals surface area contributed by atoms with E-state index in [2.05, 4.69) is 26.8 Å². The monoisotopic (exact) mass is 266 g/mol. The molecule has 2 rings (SSSR count). The summed E-state index contributed by atoms with van der Waals surface area (Å²) in [5.41, 5.74) is 1.48. The van der Waals surface area contributed by atoms with Crippen LogP contribution in [0.5, 0.6) is 0 Å². The molecular formula is C16H28NO2+. The van der Waals surface area contributed by atoms with Gasteiger partial charge in [0.2, 0.25) is 0 Å². The van der Waals surface area contributed by atoms with E-state index >= 15 is 0 Å². The van der Waals surface area contributed by atoms with Crippen molar-refractivity contribution in [3.63, 3.8) is 0 Å². The fourth-order valence-corrected chi connectivity index (χ4v) is 3.63. The van der Waals surface area contributed by atoms with E-state index in [9.17, 15) is 4.79 Å². The Bertz CT molecular complexity index is 345. The largest absolute Gasteiger partial charge is 0.461 e. The molecule has 1 saturated heterocycles. The van der Waals surface area contributed by atoms with E-state index in [4.69, 9.17) is 4.74 Å². The molecule has 0 spiro atoms. The van der Waals surface area contributed by atoms with Gasteiger partial charge in [-0.3, -0.25) is 0 Å². The van der Waals surface area contributed by atoms with Crippen LogP contribution in [0.1, 0.15) is 40.0 Å². The van der Waals surface area contributed by atoms with E-state index in [0.29, 0.717) is 30.9 Å². The number of likely N-dealkylation sites (tertiary alicyclic amines) is 1. The lowest BCUT2D eigenvalue weighted by Crippen LogP contribution is -3.11. The number of hydrogen-bond acceptors (Lipinski definition) is 2. The minimum Gasteiger partial charge on any atom is -0.461 e. The fraction of sp³-hybridized carbons (Fsp3) is 0.812. The van der Waals surface area contributed by atoms with E-state index in [0.717, 1.165) is 19.5 Å². The smallest absolute Gasteiger partial charge is 0.361 e. The average molecular weight is 266 g/mol. The first-order valence-electron chi connectivity index (χ1n) is 7.72. The molecule has 3 atom stereocenters. The van der Waals surface area contributed by atoms with E-state index in [1.54, 1.807) is 0 Å². The average Bonchev–Trinajstić information content (AvgIpc) is 2.80. The molecule has 3 unspecified atom stereocenters. The van der Waals surface area contributed by atoms with Crippen LogP contribution in [0.4, 0.5) is 0 Å². The molecule has 3 heteroatoms. The lowest BCUT2D eigenvalue weighted by atomic mass is 9.75. The van der Waals surface area contributed by atoms with Crippen LogP contribution in [0.25, 0.3) is 0 Å². The van der Waals surface area contributed by atoms with Crippen LogP contribution in [0.15, 0.2) is 11.6 Å². The van der Waals surface area contributed by atoms with Gasteiger partial charge in [0.05, 0.1) is 19.7 Å². The van der Waals surface area contributed by atoms with Crippen LogP contribution in [0, 0.1) is 17.8 Å². The fourth-order valence-electron chi connectivity index (χ4n) is 3.63. The standard InChI is InChI=1S/C16H27NO2/c1-12-8-13(2)15(14(3)9-12)11-19-16(18)10-17-6-4-5-7-17/h8,13-15H,4-7,9-11H2,1-3H3/p+1. The van der Waals surface area contributed by atoms with Gasteiger partial charge in [-0.15, -0.1) is 0 Å². The minimum absolute atomic E-state index is 0.0115. The van der Waals surface area contributed by atoms with Crippen LogP contribution in [0.3, 0.4) is 0 Å². The number of rotatable bonds is 4. The molecule has 0 radical (unpaired) electrons. The number of esters is 1. The van der Waals surface area contributed by atoms with Crippen molar-refractivity contribution >= 4 is 5.97 Å². The van der Waals surface area contributed by atoms with Gasteiger partial charge >= 0.3 is 5.97 Å². The SMILES string of the molecule is CC1=CC(C)C(COC(=O)C[NH+]2CCCC2)C(C)C1. The van der Waals surface area contributed by atoms with Crippen molar-refractivity contribution in [3.05, 3.63) is 11.6 Å². The molecule has 108 valence electrons. The number of ether oxygens (including phenoxy) is 1. The zero-order valence-electron chi connectivity index (χ0n) is 12.6. The Morgan fingerprint density at radius 1 is 1.37 bits per heavy atom. The Balaban J connectivity index is 1.76. The van der Waals surface area contributed by atoms with Crippen molar-refractivity contribution < 1.29 is 14.4 Å². The summed E-state index contributed by atoms with van der Waals surface area (Å²) in [4.78, 5) is 13.3. The van der Waals surface area contributed by atoms with Gasteiger partial charge in [-0.05, 0) is 25.2 Å². The van der Waals surface area contributed by atoms with E-state index in [1.165, 1.54) is 23.3 Å². The zero-order valence-corrected chi connectivity index (χ0v) is 12.6. The highest BCUT2D eigenvalue weighted by molar-refractivity contribution is 5.70. The van der Waals surface area contributed by atoms with Crippen molar-refractivity contribution in [1.29, 1.82) is 0 Å². The maximum absolute atomic E-state index is 11.9. The Morgan fingerprint density at radius 2 is 2.05 bits per heavy atom. The maximum Gasteiger partial charge on any atom is 0.361 e. The minimum atomic E-state index is -0.0115. The molecule has 0 aromatic heterocycles. The molecule has 1 heterocycles. The van der Waals surface area contributed by atoms with Crippen molar-refractivity contribution in [2.24, 2.45) is 17.8 Å². The number of quaternary nitrogens is 1. The second-order valence-electron chi connectivity index (χ2n) is 6.53. The van der Waals surface area contributed by atoms with Gasteiger partial charge in [0.1, 0.15) is 0 Å². The van der Waals surface area contributed by atoms with Gasteiger partial charge in [-0.2, -0.15) is 0 Å². The highest BCUT2D eigenvalue weighted by Gasteiger charge is 2.28. The third kappa shape index (κ3) is 4.07. The second kappa shape index (κ2) is 6.56. The van der Waals surface area contributed by atoms with Crippen LogP contribution in [0.2, 0.25) is 0 Å². The highest BCUT2D eigenvalue weighted by atomic mass is 16.5. The molecule has 0 saturated carbocycles. The Morgan fingerprint density at radius 3 is 2.68 bits per heavy atom. The third-order valence-electron chi connectivity index (χ3n) is 4.74. The molecule has 1 aliphatic heterocycles. The Hall–Kier alpha value is -0.830.